The first-order chi connectivity index (χ1) is 12.3. The van der Waals surface area contributed by atoms with E-state index in [0.717, 1.165) is 11.6 Å². The van der Waals surface area contributed by atoms with E-state index < -0.39 is 0 Å². The van der Waals surface area contributed by atoms with Crippen LogP contribution in [-0.4, -0.2) is 15.0 Å². The molecular weight excluding hydrogens is 318 g/mol. The maximum Gasteiger partial charge on any atom is 0.142 e. The normalized spacial score (nSPS) is 27.3. The summed E-state index contributed by atoms with van der Waals surface area (Å²) in [6.07, 6.45) is 10.7. The molecule has 1 aromatic carbocycles. The predicted molar refractivity (Wildman–Crippen MR) is 105 cm³/mol. The van der Waals surface area contributed by atoms with Crippen molar-refractivity contribution in [2.75, 3.05) is 0 Å². The van der Waals surface area contributed by atoms with Crippen molar-refractivity contribution in [3.63, 3.8) is 0 Å². The van der Waals surface area contributed by atoms with E-state index in [1.807, 2.05) is 6.07 Å². The van der Waals surface area contributed by atoms with Crippen molar-refractivity contribution in [1.29, 1.82) is 0 Å². The summed E-state index contributed by atoms with van der Waals surface area (Å²) in [5.74, 6) is 2.90. The zero-order chi connectivity index (χ0) is 18.6. The van der Waals surface area contributed by atoms with E-state index in [-0.39, 0.29) is 16.2 Å². The Labute approximate surface area is 156 Å². The van der Waals surface area contributed by atoms with Gasteiger partial charge in [-0.2, -0.15) is 0 Å². The Balaban J connectivity index is 1.75. The van der Waals surface area contributed by atoms with E-state index in [9.17, 15) is 0 Å². The van der Waals surface area contributed by atoms with Gasteiger partial charge in [-0.1, -0.05) is 75.4 Å². The Kier molecular flexibility index (Phi) is 3.69. The first-order valence-electron chi connectivity index (χ1n) is 9.43. The minimum atomic E-state index is -0.260. The number of allylic oxidation sites excluding steroid dienone is 4. The maximum absolute atomic E-state index is 4.99. The fourth-order valence-electron chi connectivity index (χ4n) is 4.88. The first kappa shape index (κ1) is 17.1. The number of rotatable bonds is 4. The second-order valence-electron chi connectivity index (χ2n) is 8.74. The van der Waals surface area contributed by atoms with Gasteiger partial charge in [0.2, 0.25) is 0 Å². The van der Waals surface area contributed by atoms with Crippen LogP contribution in [0.25, 0.3) is 0 Å². The average Bonchev–Trinajstić information content (AvgIpc) is 3.29. The molecule has 3 atom stereocenters. The summed E-state index contributed by atoms with van der Waals surface area (Å²) in [5, 5.41) is 0. The van der Waals surface area contributed by atoms with Gasteiger partial charge < -0.3 is 0 Å². The lowest BCUT2D eigenvalue weighted by Gasteiger charge is -2.34. The standard InChI is InChI=1S/C23H27N3/c1-16-18-13-9-10-14-23(16,18)22(4,5)20-25-15-24-19(26-20)21(2,3)17-11-7-6-8-12-17/h6-16,18H,1-5H3. The Hall–Kier alpha value is -2.29. The summed E-state index contributed by atoms with van der Waals surface area (Å²) in [5.41, 5.74) is 0.912. The number of benzene rings is 1. The van der Waals surface area contributed by atoms with Crippen LogP contribution in [0.2, 0.25) is 0 Å². The largest absolute Gasteiger partial charge is 0.221 e. The summed E-state index contributed by atoms with van der Waals surface area (Å²) in [4.78, 5) is 14.2. The smallest absolute Gasteiger partial charge is 0.142 e. The molecule has 0 N–H and O–H groups in total. The Morgan fingerprint density at radius 1 is 0.923 bits per heavy atom. The maximum atomic E-state index is 4.99. The fraction of sp³-hybridized carbons (Fsp3) is 0.435. The van der Waals surface area contributed by atoms with Crippen molar-refractivity contribution in [2.24, 2.45) is 17.3 Å². The molecule has 0 amide bonds. The molecule has 0 aliphatic heterocycles. The highest BCUT2D eigenvalue weighted by Gasteiger charge is 2.68. The Morgan fingerprint density at radius 3 is 2.31 bits per heavy atom. The molecule has 0 spiro atoms. The summed E-state index contributed by atoms with van der Waals surface area (Å²) in [7, 11) is 0. The molecule has 2 aliphatic rings. The third-order valence-electron chi connectivity index (χ3n) is 6.80. The molecule has 1 aromatic heterocycles. The topological polar surface area (TPSA) is 38.7 Å². The van der Waals surface area contributed by atoms with Gasteiger partial charge in [-0.3, -0.25) is 0 Å². The highest BCUT2D eigenvalue weighted by Crippen LogP contribution is 2.70. The van der Waals surface area contributed by atoms with Crippen molar-refractivity contribution in [3.8, 4) is 0 Å². The molecule has 3 nitrogen and oxygen atoms in total. The van der Waals surface area contributed by atoms with E-state index in [1.165, 1.54) is 5.56 Å². The van der Waals surface area contributed by atoms with E-state index in [4.69, 9.17) is 4.98 Å². The van der Waals surface area contributed by atoms with Crippen molar-refractivity contribution in [2.45, 2.75) is 45.4 Å². The first-order valence-corrected chi connectivity index (χ1v) is 9.43. The number of hydrogen-bond acceptors (Lipinski definition) is 3. The van der Waals surface area contributed by atoms with Gasteiger partial charge in [-0.05, 0) is 31.2 Å². The number of fused-ring (bicyclic) bond motifs is 1. The average molecular weight is 345 g/mol. The second kappa shape index (κ2) is 5.60. The molecule has 1 saturated carbocycles. The number of nitrogens with zero attached hydrogens (tertiary/aromatic N) is 3. The van der Waals surface area contributed by atoms with Gasteiger partial charge in [0, 0.05) is 16.2 Å². The van der Waals surface area contributed by atoms with Gasteiger partial charge in [-0.25, -0.2) is 15.0 Å². The van der Waals surface area contributed by atoms with Crippen LogP contribution in [0.4, 0.5) is 0 Å². The highest BCUT2D eigenvalue weighted by molar-refractivity contribution is 5.40. The lowest BCUT2D eigenvalue weighted by Crippen LogP contribution is -2.35. The summed E-state index contributed by atoms with van der Waals surface area (Å²) < 4.78 is 0. The van der Waals surface area contributed by atoms with E-state index in [2.05, 4.69) is 93.2 Å². The number of hydrogen-bond donors (Lipinski definition) is 0. The quantitative estimate of drug-likeness (QED) is 0.795. The molecular formula is C23H27N3. The van der Waals surface area contributed by atoms with Gasteiger partial charge in [0.15, 0.2) is 0 Å². The van der Waals surface area contributed by atoms with Crippen LogP contribution >= 0.6 is 0 Å². The van der Waals surface area contributed by atoms with E-state index in [0.29, 0.717) is 11.8 Å². The highest BCUT2D eigenvalue weighted by atomic mass is 15.0. The zero-order valence-corrected chi connectivity index (χ0v) is 16.3. The van der Waals surface area contributed by atoms with Crippen LogP contribution in [0.1, 0.15) is 51.8 Å². The molecule has 0 bridgehead atoms. The van der Waals surface area contributed by atoms with Gasteiger partial charge in [0.05, 0.1) is 0 Å². The molecule has 3 unspecified atom stereocenters. The van der Waals surface area contributed by atoms with Crippen LogP contribution in [0.3, 0.4) is 0 Å². The SMILES string of the molecule is CC1C2C=CC=CC12C(C)(C)c1ncnc(C(C)(C)c2ccccc2)n1. The van der Waals surface area contributed by atoms with Crippen LogP contribution < -0.4 is 0 Å². The van der Waals surface area contributed by atoms with Crippen LogP contribution in [0, 0.1) is 17.3 Å². The summed E-state index contributed by atoms with van der Waals surface area (Å²) in [6, 6.07) is 10.5. The summed E-state index contributed by atoms with van der Waals surface area (Å²) in [6.45, 7) is 11.3. The molecule has 4 rings (SSSR count). The van der Waals surface area contributed by atoms with Gasteiger partial charge in [0.25, 0.3) is 0 Å². The predicted octanol–water partition coefficient (Wildman–Crippen LogP) is 4.85. The van der Waals surface area contributed by atoms with Crippen LogP contribution in [0.15, 0.2) is 61.0 Å². The molecule has 1 heterocycles. The van der Waals surface area contributed by atoms with Gasteiger partial charge >= 0.3 is 0 Å². The van der Waals surface area contributed by atoms with Gasteiger partial charge in [0.1, 0.15) is 18.0 Å². The second-order valence-corrected chi connectivity index (χ2v) is 8.74. The Bertz CT molecular complexity index is 879. The fourth-order valence-corrected chi connectivity index (χ4v) is 4.88. The lowest BCUT2D eigenvalue weighted by molar-refractivity contribution is 0.303. The molecule has 2 aliphatic carbocycles. The van der Waals surface area contributed by atoms with Crippen LogP contribution in [-0.2, 0) is 10.8 Å². The molecule has 2 aromatic rings. The molecule has 0 saturated heterocycles. The van der Waals surface area contributed by atoms with E-state index in [1.54, 1.807) is 6.33 Å². The molecule has 134 valence electrons. The summed E-state index contributed by atoms with van der Waals surface area (Å²) >= 11 is 0. The lowest BCUT2D eigenvalue weighted by atomic mass is 9.71. The third-order valence-corrected chi connectivity index (χ3v) is 6.80. The van der Waals surface area contributed by atoms with E-state index >= 15 is 0 Å². The Morgan fingerprint density at radius 2 is 1.62 bits per heavy atom. The molecule has 1 fully saturated rings. The molecule has 3 heteroatoms. The number of aromatic nitrogens is 3. The van der Waals surface area contributed by atoms with Crippen molar-refractivity contribution >= 4 is 0 Å². The van der Waals surface area contributed by atoms with Crippen molar-refractivity contribution in [3.05, 3.63) is 78.2 Å². The van der Waals surface area contributed by atoms with Gasteiger partial charge in [-0.15, -0.1) is 0 Å². The minimum absolute atomic E-state index is 0.108. The van der Waals surface area contributed by atoms with Crippen molar-refractivity contribution in [1.82, 2.24) is 15.0 Å². The molecule has 0 radical (unpaired) electrons. The minimum Gasteiger partial charge on any atom is -0.221 e. The van der Waals surface area contributed by atoms with Crippen LogP contribution in [0.5, 0.6) is 0 Å². The zero-order valence-electron chi connectivity index (χ0n) is 16.3. The van der Waals surface area contributed by atoms with Crippen molar-refractivity contribution < 1.29 is 0 Å². The monoisotopic (exact) mass is 345 g/mol. The molecule has 26 heavy (non-hydrogen) atoms. The third kappa shape index (κ3) is 2.22.